The third-order valence-corrected chi connectivity index (χ3v) is 4.05. The summed E-state index contributed by atoms with van der Waals surface area (Å²) < 4.78 is 5.76. The Bertz CT molecular complexity index is 493. The number of hydrogen-bond donors (Lipinski definition) is 0. The standard InChI is InChI=1S/C15H19ClN2O/c1-3-18(4-2)15(11-17)8-5-9-19-14-7-6-12(16)10-13(14)15/h6-7,10H,3-5,8-9H2,1-2H3. The topological polar surface area (TPSA) is 36.3 Å². The predicted molar refractivity (Wildman–Crippen MR) is 76.4 cm³/mol. The van der Waals surface area contributed by atoms with Crippen LogP contribution < -0.4 is 4.74 Å². The molecule has 19 heavy (non-hydrogen) atoms. The quantitative estimate of drug-likeness (QED) is 0.848. The van der Waals surface area contributed by atoms with Crippen molar-refractivity contribution in [3.05, 3.63) is 28.8 Å². The Hall–Kier alpha value is -1.24. The summed E-state index contributed by atoms with van der Waals surface area (Å²) in [7, 11) is 0. The first kappa shape index (κ1) is 14.2. The SMILES string of the molecule is CCN(CC)C1(C#N)CCCOc2ccc(Cl)cc21. The van der Waals surface area contributed by atoms with Crippen LogP contribution in [0.15, 0.2) is 18.2 Å². The molecule has 0 amide bonds. The zero-order valence-electron chi connectivity index (χ0n) is 11.4. The van der Waals surface area contributed by atoms with Crippen molar-refractivity contribution < 1.29 is 4.74 Å². The second kappa shape index (κ2) is 5.81. The van der Waals surface area contributed by atoms with Gasteiger partial charge in [0.05, 0.1) is 12.7 Å². The van der Waals surface area contributed by atoms with Crippen LogP contribution in [0.2, 0.25) is 5.02 Å². The lowest BCUT2D eigenvalue weighted by atomic mass is 9.85. The van der Waals surface area contributed by atoms with Crippen molar-refractivity contribution in [2.75, 3.05) is 19.7 Å². The molecule has 1 aliphatic heterocycles. The van der Waals surface area contributed by atoms with Gasteiger partial charge < -0.3 is 4.74 Å². The maximum atomic E-state index is 9.85. The molecule has 1 aromatic carbocycles. The number of hydrogen-bond acceptors (Lipinski definition) is 3. The van der Waals surface area contributed by atoms with Crippen LogP contribution in [0.1, 0.15) is 32.3 Å². The minimum atomic E-state index is -0.625. The largest absolute Gasteiger partial charge is 0.493 e. The molecule has 2 rings (SSSR count). The van der Waals surface area contributed by atoms with E-state index in [-0.39, 0.29) is 0 Å². The third kappa shape index (κ3) is 2.43. The number of benzene rings is 1. The highest BCUT2D eigenvalue weighted by molar-refractivity contribution is 6.30. The smallest absolute Gasteiger partial charge is 0.138 e. The van der Waals surface area contributed by atoms with Crippen molar-refractivity contribution in [2.24, 2.45) is 0 Å². The van der Waals surface area contributed by atoms with Crippen LogP contribution in [0.4, 0.5) is 0 Å². The van der Waals surface area contributed by atoms with E-state index in [9.17, 15) is 5.26 Å². The van der Waals surface area contributed by atoms with Gasteiger partial charge in [-0.1, -0.05) is 25.4 Å². The summed E-state index contributed by atoms with van der Waals surface area (Å²) in [4.78, 5) is 2.19. The number of fused-ring (bicyclic) bond motifs is 1. The van der Waals surface area contributed by atoms with Crippen LogP contribution in [-0.2, 0) is 5.54 Å². The summed E-state index contributed by atoms with van der Waals surface area (Å²) in [6.45, 7) is 6.47. The van der Waals surface area contributed by atoms with Gasteiger partial charge >= 0.3 is 0 Å². The highest BCUT2D eigenvalue weighted by Gasteiger charge is 2.41. The van der Waals surface area contributed by atoms with E-state index in [2.05, 4.69) is 24.8 Å². The van der Waals surface area contributed by atoms with Gasteiger partial charge in [-0.25, -0.2) is 0 Å². The zero-order chi connectivity index (χ0) is 13.9. The zero-order valence-corrected chi connectivity index (χ0v) is 12.2. The molecule has 102 valence electrons. The summed E-state index contributed by atoms with van der Waals surface area (Å²) in [5, 5.41) is 10.5. The molecule has 1 aromatic rings. The second-order valence-electron chi connectivity index (χ2n) is 4.74. The van der Waals surface area contributed by atoms with E-state index in [0.29, 0.717) is 11.6 Å². The number of nitrogens with zero attached hydrogens (tertiary/aromatic N) is 2. The lowest BCUT2D eigenvalue weighted by Gasteiger charge is -2.37. The summed E-state index contributed by atoms with van der Waals surface area (Å²) >= 11 is 6.12. The van der Waals surface area contributed by atoms with E-state index in [1.165, 1.54) is 0 Å². The van der Waals surface area contributed by atoms with Gasteiger partial charge in [-0.2, -0.15) is 5.26 Å². The molecule has 1 unspecified atom stereocenters. The summed E-state index contributed by atoms with van der Waals surface area (Å²) in [6.07, 6.45) is 1.65. The fraction of sp³-hybridized carbons (Fsp3) is 0.533. The molecule has 0 bridgehead atoms. The van der Waals surface area contributed by atoms with Crippen molar-refractivity contribution in [2.45, 2.75) is 32.2 Å². The van der Waals surface area contributed by atoms with Gasteiger partial charge in [0, 0.05) is 10.6 Å². The molecule has 1 heterocycles. The lowest BCUT2D eigenvalue weighted by molar-refractivity contribution is 0.142. The van der Waals surface area contributed by atoms with Crippen molar-refractivity contribution >= 4 is 11.6 Å². The molecule has 0 saturated heterocycles. The van der Waals surface area contributed by atoms with Crippen LogP contribution in [-0.4, -0.2) is 24.6 Å². The molecular weight excluding hydrogens is 260 g/mol. The minimum absolute atomic E-state index is 0.625. The molecule has 0 aliphatic carbocycles. The Balaban J connectivity index is 2.61. The van der Waals surface area contributed by atoms with Gasteiger partial charge in [0.25, 0.3) is 0 Å². The molecule has 0 radical (unpaired) electrons. The fourth-order valence-corrected chi connectivity index (χ4v) is 3.05. The first-order valence-electron chi connectivity index (χ1n) is 6.77. The monoisotopic (exact) mass is 278 g/mol. The third-order valence-electron chi connectivity index (χ3n) is 3.82. The molecule has 1 aliphatic rings. The highest BCUT2D eigenvalue weighted by Crippen LogP contribution is 2.41. The van der Waals surface area contributed by atoms with Crippen LogP contribution in [0.5, 0.6) is 5.75 Å². The van der Waals surface area contributed by atoms with E-state index < -0.39 is 5.54 Å². The van der Waals surface area contributed by atoms with E-state index in [1.54, 1.807) is 0 Å². The first-order valence-corrected chi connectivity index (χ1v) is 7.15. The van der Waals surface area contributed by atoms with Gasteiger partial charge in [0.15, 0.2) is 0 Å². The number of halogens is 1. The summed E-state index contributed by atoms with van der Waals surface area (Å²) in [6, 6.07) is 8.10. The van der Waals surface area contributed by atoms with E-state index in [1.807, 2.05) is 18.2 Å². The number of rotatable bonds is 3. The Morgan fingerprint density at radius 2 is 2.16 bits per heavy atom. The van der Waals surface area contributed by atoms with Gasteiger partial charge in [0.1, 0.15) is 11.3 Å². The van der Waals surface area contributed by atoms with Crippen LogP contribution in [0.3, 0.4) is 0 Å². The highest BCUT2D eigenvalue weighted by atomic mass is 35.5. The fourth-order valence-electron chi connectivity index (χ4n) is 2.87. The first-order chi connectivity index (χ1) is 9.17. The molecule has 3 nitrogen and oxygen atoms in total. The van der Waals surface area contributed by atoms with Gasteiger partial charge in [-0.3, -0.25) is 4.90 Å². The van der Waals surface area contributed by atoms with Gasteiger partial charge in [-0.05, 0) is 44.1 Å². The van der Waals surface area contributed by atoms with E-state index in [0.717, 1.165) is 37.2 Å². The van der Waals surface area contributed by atoms with Crippen molar-refractivity contribution in [1.29, 1.82) is 5.26 Å². The molecule has 4 heteroatoms. The average Bonchev–Trinajstić information content (AvgIpc) is 2.61. The molecular formula is C15H19ClN2O. The lowest BCUT2D eigenvalue weighted by Crippen LogP contribution is -2.44. The van der Waals surface area contributed by atoms with E-state index in [4.69, 9.17) is 16.3 Å². The Labute approximate surface area is 119 Å². The Kier molecular flexibility index (Phi) is 4.34. The van der Waals surface area contributed by atoms with Crippen molar-refractivity contribution in [3.63, 3.8) is 0 Å². The van der Waals surface area contributed by atoms with Gasteiger partial charge in [0.2, 0.25) is 0 Å². The Morgan fingerprint density at radius 1 is 1.42 bits per heavy atom. The molecule has 0 aromatic heterocycles. The van der Waals surface area contributed by atoms with Crippen LogP contribution in [0, 0.1) is 11.3 Å². The maximum absolute atomic E-state index is 9.85. The number of ether oxygens (including phenoxy) is 1. The molecule has 0 fully saturated rings. The molecule has 0 N–H and O–H groups in total. The second-order valence-corrected chi connectivity index (χ2v) is 5.17. The minimum Gasteiger partial charge on any atom is -0.493 e. The number of nitriles is 1. The molecule has 1 atom stereocenters. The summed E-state index contributed by atoms with van der Waals surface area (Å²) in [5.41, 5.74) is 0.281. The average molecular weight is 279 g/mol. The van der Waals surface area contributed by atoms with Gasteiger partial charge in [-0.15, -0.1) is 0 Å². The maximum Gasteiger partial charge on any atom is 0.138 e. The van der Waals surface area contributed by atoms with E-state index >= 15 is 0 Å². The van der Waals surface area contributed by atoms with Crippen LogP contribution in [0.25, 0.3) is 0 Å². The molecule has 0 spiro atoms. The predicted octanol–water partition coefficient (Wildman–Crippen LogP) is 3.57. The summed E-state index contributed by atoms with van der Waals surface area (Å²) in [5.74, 6) is 0.787. The molecule has 0 saturated carbocycles. The normalized spacial score (nSPS) is 22.3. The Morgan fingerprint density at radius 3 is 2.79 bits per heavy atom. The van der Waals surface area contributed by atoms with Crippen molar-refractivity contribution in [1.82, 2.24) is 4.90 Å². The van der Waals surface area contributed by atoms with Crippen LogP contribution >= 0.6 is 11.6 Å². The van der Waals surface area contributed by atoms with Crippen molar-refractivity contribution in [3.8, 4) is 11.8 Å².